The third-order valence-electron chi connectivity index (χ3n) is 3.09. The van der Waals surface area contributed by atoms with Crippen LogP contribution in [-0.4, -0.2) is 12.0 Å². The molecule has 0 aliphatic rings. The summed E-state index contributed by atoms with van der Waals surface area (Å²) in [5.74, 6) is 1.02. The summed E-state index contributed by atoms with van der Waals surface area (Å²) in [4.78, 5) is 4.74. The van der Waals surface area contributed by atoms with Crippen LogP contribution in [0.25, 0.3) is 10.9 Å². The number of aryl methyl sites for hydroxylation is 3. The van der Waals surface area contributed by atoms with Gasteiger partial charge >= 0.3 is 0 Å². The highest BCUT2D eigenvalue weighted by molar-refractivity contribution is 5.85. The molecule has 0 fully saturated rings. The van der Waals surface area contributed by atoms with Crippen LogP contribution in [0.5, 0.6) is 0 Å². The van der Waals surface area contributed by atoms with Gasteiger partial charge in [-0.2, -0.15) is 0 Å². The number of fused-ring (bicyclic) bond motifs is 1. The summed E-state index contributed by atoms with van der Waals surface area (Å²) >= 11 is 0. The van der Waals surface area contributed by atoms with E-state index >= 15 is 0 Å². The van der Waals surface area contributed by atoms with Crippen molar-refractivity contribution in [1.82, 2.24) is 4.98 Å². The Balaban J connectivity index is 2.69. The van der Waals surface area contributed by atoms with Gasteiger partial charge in [-0.15, -0.1) is 0 Å². The molecule has 0 amide bonds. The van der Waals surface area contributed by atoms with Crippen LogP contribution in [0, 0.1) is 13.8 Å². The molecule has 1 aromatic carbocycles. The number of aromatic nitrogens is 1. The van der Waals surface area contributed by atoms with E-state index in [0.717, 1.165) is 24.2 Å². The summed E-state index contributed by atoms with van der Waals surface area (Å²) in [7, 11) is 1.94. The van der Waals surface area contributed by atoms with Crippen LogP contribution in [0.4, 0.5) is 5.82 Å². The van der Waals surface area contributed by atoms with Gasteiger partial charge in [0.25, 0.3) is 0 Å². The van der Waals surface area contributed by atoms with Gasteiger partial charge in [-0.25, -0.2) is 4.98 Å². The molecule has 0 aliphatic heterocycles. The zero-order valence-corrected chi connectivity index (χ0v) is 11.1. The Morgan fingerprint density at radius 3 is 2.59 bits per heavy atom. The average molecular weight is 228 g/mol. The minimum absolute atomic E-state index is 1.02. The molecule has 1 heterocycles. The van der Waals surface area contributed by atoms with Gasteiger partial charge in [-0.3, -0.25) is 0 Å². The van der Waals surface area contributed by atoms with Crippen molar-refractivity contribution in [3.05, 3.63) is 34.9 Å². The van der Waals surface area contributed by atoms with E-state index < -0.39 is 0 Å². The molecular weight excluding hydrogens is 208 g/mol. The highest BCUT2D eigenvalue weighted by Crippen LogP contribution is 2.25. The second-order valence-electron chi connectivity index (χ2n) is 4.65. The monoisotopic (exact) mass is 228 g/mol. The Morgan fingerprint density at radius 1 is 1.18 bits per heavy atom. The van der Waals surface area contributed by atoms with Gasteiger partial charge in [0, 0.05) is 12.4 Å². The van der Waals surface area contributed by atoms with Crippen molar-refractivity contribution in [1.29, 1.82) is 0 Å². The maximum atomic E-state index is 4.74. The number of hydrogen-bond donors (Lipinski definition) is 1. The third kappa shape index (κ3) is 2.26. The highest BCUT2D eigenvalue weighted by Gasteiger charge is 2.07. The first-order valence-electron chi connectivity index (χ1n) is 6.24. The predicted molar refractivity (Wildman–Crippen MR) is 74.8 cm³/mol. The summed E-state index contributed by atoms with van der Waals surface area (Å²) in [6, 6.07) is 6.68. The maximum Gasteiger partial charge on any atom is 0.129 e. The van der Waals surface area contributed by atoms with Crippen LogP contribution in [0.3, 0.4) is 0 Å². The lowest BCUT2D eigenvalue weighted by Crippen LogP contribution is -2.00. The van der Waals surface area contributed by atoms with E-state index in [-0.39, 0.29) is 0 Å². The molecule has 2 aromatic rings. The number of nitrogens with zero attached hydrogens (tertiary/aromatic N) is 1. The van der Waals surface area contributed by atoms with Crippen LogP contribution in [-0.2, 0) is 6.42 Å². The fraction of sp³-hybridized carbons (Fsp3) is 0.400. The fourth-order valence-corrected chi connectivity index (χ4v) is 2.37. The molecule has 2 nitrogen and oxygen atoms in total. The van der Waals surface area contributed by atoms with E-state index in [1.807, 2.05) is 7.05 Å². The Hall–Kier alpha value is -1.57. The Bertz CT molecular complexity index is 544. The highest BCUT2D eigenvalue weighted by atomic mass is 15.0. The Labute approximate surface area is 103 Å². The number of pyridine rings is 1. The average Bonchev–Trinajstić information content (AvgIpc) is 2.28. The lowest BCUT2D eigenvalue weighted by Gasteiger charge is -2.11. The molecule has 2 heteroatoms. The molecule has 2 rings (SSSR count). The van der Waals surface area contributed by atoms with Crippen molar-refractivity contribution in [2.24, 2.45) is 0 Å². The molecule has 17 heavy (non-hydrogen) atoms. The zero-order chi connectivity index (χ0) is 12.4. The molecule has 0 aliphatic carbocycles. The molecule has 1 aromatic heterocycles. The number of benzene rings is 1. The minimum atomic E-state index is 1.02. The van der Waals surface area contributed by atoms with Crippen molar-refractivity contribution in [2.75, 3.05) is 12.4 Å². The lowest BCUT2D eigenvalue weighted by atomic mass is 10.0. The predicted octanol–water partition coefficient (Wildman–Crippen LogP) is 3.85. The van der Waals surface area contributed by atoms with E-state index in [2.05, 4.69) is 44.3 Å². The number of hydrogen-bond acceptors (Lipinski definition) is 2. The second kappa shape index (κ2) is 4.74. The molecular formula is C15H20N2. The summed E-state index contributed by atoms with van der Waals surface area (Å²) in [6.07, 6.45) is 2.22. The van der Waals surface area contributed by atoms with E-state index in [1.165, 1.54) is 22.1 Å². The van der Waals surface area contributed by atoms with Crippen molar-refractivity contribution < 1.29 is 0 Å². The molecule has 0 radical (unpaired) electrons. The normalized spacial score (nSPS) is 10.8. The van der Waals surface area contributed by atoms with Crippen molar-refractivity contribution in [2.45, 2.75) is 33.6 Å². The molecule has 90 valence electrons. The SMILES string of the molecule is CCCc1cc2cc(C)cc(C)c2nc1NC. The summed E-state index contributed by atoms with van der Waals surface area (Å²) in [5, 5.41) is 4.46. The van der Waals surface area contributed by atoms with Gasteiger partial charge in [0.2, 0.25) is 0 Å². The molecule has 0 unspecified atom stereocenters. The number of anilines is 1. The standard InChI is InChI=1S/C15H20N2/c1-5-6-12-9-13-8-10(2)7-11(3)14(13)17-15(12)16-4/h7-9H,5-6H2,1-4H3,(H,16,17). The number of nitrogens with one attached hydrogen (secondary N) is 1. The molecule has 0 atom stereocenters. The Morgan fingerprint density at radius 2 is 1.94 bits per heavy atom. The van der Waals surface area contributed by atoms with Crippen LogP contribution in [0.15, 0.2) is 18.2 Å². The maximum absolute atomic E-state index is 4.74. The van der Waals surface area contributed by atoms with E-state index in [0.29, 0.717) is 0 Å². The van der Waals surface area contributed by atoms with Crippen LogP contribution < -0.4 is 5.32 Å². The van der Waals surface area contributed by atoms with Crippen molar-refractivity contribution in [3.8, 4) is 0 Å². The topological polar surface area (TPSA) is 24.9 Å². The van der Waals surface area contributed by atoms with Gasteiger partial charge < -0.3 is 5.32 Å². The minimum Gasteiger partial charge on any atom is -0.373 e. The fourth-order valence-electron chi connectivity index (χ4n) is 2.37. The number of rotatable bonds is 3. The second-order valence-corrected chi connectivity index (χ2v) is 4.65. The van der Waals surface area contributed by atoms with E-state index in [9.17, 15) is 0 Å². The smallest absolute Gasteiger partial charge is 0.129 e. The van der Waals surface area contributed by atoms with Gasteiger partial charge in [0.1, 0.15) is 5.82 Å². The molecule has 0 bridgehead atoms. The first-order valence-corrected chi connectivity index (χ1v) is 6.24. The van der Waals surface area contributed by atoms with Gasteiger partial charge in [0.15, 0.2) is 0 Å². The quantitative estimate of drug-likeness (QED) is 0.863. The van der Waals surface area contributed by atoms with Gasteiger partial charge in [-0.1, -0.05) is 25.0 Å². The molecule has 0 saturated heterocycles. The summed E-state index contributed by atoms with van der Waals surface area (Å²) < 4.78 is 0. The van der Waals surface area contributed by atoms with Crippen molar-refractivity contribution >= 4 is 16.7 Å². The summed E-state index contributed by atoms with van der Waals surface area (Å²) in [5.41, 5.74) is 4.98. The van der Waals surface area contributed by atoms with Crippen LogP contribution in [0.1, 0.15) is 30.0 Å². The molecule has 0 spiro atoms. The first-order chi connectivity index (χ1) is 8.15. The molecule has 1 N–H and O–H groups in total. The largest absolute Gasteiger partial charge is 0.373 e. The lowest BCUT2D eigenvalue weighted by molar-refractivity contribution is 0.918. The van der Waals surface area contributed by atoms with Gasteiger partial charge in [-0.05, 0) is 43.5 Å². The molecule has 0 saturated carbocycles. The third-order valence-corrected chi connectivity index (χ3v) is 3.09. The van der Waals surface area contributed by atoms with E-state index in [4.69, 9.17) is 4.98 Å². The van der Waals surface area contributed by atoms with E-state index in [1.54, 1.807) is 0 Å². The van der Waals surface area contributed by atoms with Gasteiger partial charge in [0.05, 0.1) is 5.52 Å². The van der Waals surface area contributed by atoms with Crippen LogP contribution in [0.2, 0.25) is 0 Å². The zero-order valence-electron chi connectivity index (χ0n) is 11.1. The summed E-state index contributed by atoms with van der Waals surface area (Å²) in [6.45, 7) is 6.46. The van der Waals surface area contributed by atoms with Crippen LogP contribution >= 0.6 is 0 Å². The van der Waals surface area contributed by atoms with Crippen molar-refractivity contribution in [3.63, 3.8) is 0 Å². The Kier molecular flexibility index (Phi) is 3.32. The first kappa shape index (κ1) is 11.9.